The van der Waals surface area contributed by atoms with Crippen LogP contribution in [0.15, 0.2) is 78.9 Å². The van der Waals surface area contributed by atoms with E-state index in [4.69, 9.17) is 15.5 Å². The van der Waals surface area contributed by atoms with Crippen molar-refractivity contribution < 1.29 is 4.74 Å². The molecule has 0 aliphatic rings. The number of nitrogens with one attached hydrogen (secondary N) is 1. The molecule has 1 aromatic heterocycles. The largest absolute Gasteiger partial charge is 0.496 e. The van der Waals surface area contributed by atoms with Crippen LogP contribution in [0.5, 0.6) is 5.75 Å². The van der Waals surface area contributed by atoms with Crippen LogP contribution in [0.2, 0.25) is 0 Å². The Morgan fingerprint density at radius 2 is 1.71 bits per heavy atom. The minimum Gasteiger partial charge on any atom is -0.496 e. The van der Waals surface area contributed by atoms with Gasteiger partial charge in [0.25, 0.3) is 0 Å². The number of aromatic nitrogens is 1. The minimum atomic E-state index is -0.148. The summed E-state index contributed by atoms with van der Waals surface area (Å²) >= 11 is 0. The van der Waals surface area contributed by atoms with Gasteiger partial charge in [0.05, 0.1) is 12.6 Å². The molecule has 5 heteroatoms. The molecule has 0 aliphatic carbocycles. The van der Waals surface area contributed by atoms with Gasteiger partial charge in [-0.2, -0.15) is 0 Å². The average Bonchev–Trinajstić information content (AvgIpc) is 2.79. The third-order valence-electron chi connectivity index (χ3n) is 5.38. The molecule has 31 heavy (non-hydrogen) atoms. The quantitative estimate of drug-likeness (QED) is 0.431. The Labute approximate surface area is 183 Å². The average molecular weight is 413 g/mol. The summed E-state index contributed by atoms with van der Waals surface area (Å²) in [4.78, 5) is 6.88. The second-order valence-corrected chi connectivity index (χ2v) is 7.82. The molecule has 0 radical (unpaired) electrons. The van der Waals surface area contributed by atoms with E-state index >= 15 is 0 Å². The Bertz CT molecular complexity index is 1170. The predicted octanol–water partition coefficient (Wildman–Crippen LogP) is 5.30. The summed E-state index contributed by atoms with van der Waals surface area (Å²) in [6.45, 7) is 0. The van der Waals surface area contributed by atoms with Crippen LogP contribution in [0, 0.1) is 0 Å². The molecular weight excluding hydrogens is 384 g/mol. The third-order valence-corrected chi connectivity index (χ3v) is 5.38. The minimum absolute atomic E-state index is 0.148. The standard InChI is InChI=1S/C26H28N4O/c1-30(2)24-17-26(29-23-12-8-7-11-21(23)24)28-19-13-14-20(25(16-19)31-3)22(27)15-18-9-5-4-6-10-18/h4-14,16-17,22H,15,27H2,1-3H3,(H,28,29). The lowest BCUT2D eigenvalue weighted by Crippen LogP contribution is -2.14. The van der Waals surface area contributed by atoms with Crippen molar-refractivity contribution in [3.05, 3.63) is 90.0 Å². The summed E-state index contributed by atoms with van der Waals surface area (Å²) in [7, 11) is 5.76. The van der Waals surface area contributed by atoms with Gasteiger partial charge in [-0.15, -0.1) is 0 Å². The number of benzene rings is 3. The van der Waals surface area contributed by atoms with Crippen molar-refractivity contribution >= 4 is 28.1 Å². The van der Waals surface area contributed by atoms with Crippen molar-refractivity contribution in [2.45, 2.75) is 12.5 Å². The zero-order valence-electron chi connectivity index (χ0n) is 18.2. The maximum atomic E-state index is 6.50. The Hall–Kier alpha value is -3.57. The van der Waals surface area contributed by atoms with Gasteiger partial charge in [-0.25, -0.2) is 4.98 Å². The first kappa shape index (κ1) is 20.7. The van der Waals surface area contributed by atoms with Gasteiger partial charge < -0.3 is 20.7 Å². The summed E-state index contributed by atoms with van der Waals surface area (Å²) in [5.74, 6) is 1.55. The maximum absolute atomic E-state index is 6.50. The van der Waals surface area contributed by atoms with E-state index in [2.05, 4.69) is 34.5 Å². The van der Waals surface area contributed by atoms with Crippen molar-refractivity contribution in [2.75, 3.05) is 31.4 Å². The van der Waals surface area contributed by atoms with Crippen molar-refractivity contribution in [3.63, 3.8) is 0 Å². The van der Waals surface area contributed by atoms with Crippen LogP contribution >= 0.6 is 0 Å². The van der Waals surface area contributed by atoms with Gasteiger partial charge in [0, 0.05) is 54.6 Å². The lowest BCUT2D eigenvalue weighted by molar-refractivity contribution is 0.405. The van der Waals surface area contributed by atoms with Gasteiger partial charge in [0.15, 0.2) is 0 Å². The van der Waals surface area contributed by atoms with Gasteiger partial charge in [0.1, 0.15) is 11.6 Å². The van der Waals surface area contributed by atoms with Crippen molar-refractivity contribution in [3.8, 4) is 5.75 Å². The van der Waals surface area contributed by atoms with Crippen molar-refractivity contribution in [2.24, 2.45) is 5.73 Å². The summed E-state index contributed by atoms with van der Waals surface area (Å²) in [5.41, 5.74) is 11.7. The molecule has 0 spiro atoms. The van der Waals surface area contributed by atoms with Crippen molar-refractivity contribution in [1.82, 2.24) is 4.98 Å². The molecule has 3 N–H and O–H groups in total. The number of anilines is 3. The van der Waals surface area contributed by atoms with Gasteiger partial charge >= 0.3 is 0 Å². The molecule has 0 aliphatic heterocycles. The molecule has 0 bridgehead atoms. The Morgan fingerprint density at radius 1 is 0.968 bits per heavy atom. The van der Waals surface area contributed by atoms with E-state index in [0.29, 0.717) is 0 Å². The lowest BCUT2D eigenvalue weighted by Gasteiger charge is -2.19. The summed E-state index contributed by atoms with van der Waals surface area (Å²) in [5, 5.41) is 4.55. The number of nitrogens with zero attached hydrogens (tertiary/aromatic N) is 2. The first-order valence-corrected chi connectivity index (χ1v) is 10.4. The van der Waals surface area contributed by atoms with Crippen LogP contribution in [0.3, 0.4) is 0 Å². The molecule has 1 unspecified atom stereocenters. The van der Waals surface area contributed by atoms with Crippen molar-refractivity contribution in [1.29, 1.82) is 0 Å². The summed E-state index contributed by atoms with van der Waals surface area (Å²) in [6, 6.07) is 26.4. The van der Waals surface area contributed by atoms with Crippen LogP contribution in [0.25, 0.3) is 10.9 Å². The van der Waals surface area contributed by atoms with Crippen LogP contribution in [0.4, 0.5) is 17.2 Å². The zero-order chi connectivity index (χ0) is 21.8. The number of hydrogen-bond acceptors (Lipinski definition) is 5. The topological polar surface area (TPSA) is 63.4 Å². The van der Waals surface area contributed by atoms with E-state index in [9.17, 15) is 0 Å². The molecule has 4 rings (SSSR count). The third kappa shape index (κ3) is 4.62. The van der Waals surface area contributed by atoms with E-state index in [1.165, 1.54) is 5.56 Å². The van der Waals surface area contributed by atoms with Gasteiger partial charge in [0.2, 0.25) is 0 Å². The van der Waals surface area contributed by atoms with E-state index in [0.717, 1.165) is 45.8 Å². The van der Waals surface area contributed by atoms with E-state index < -0.39 is 0 Å². The molecule has 0 saturated heterocycles. The molecule has 1 heterocycles. The molecule has 1 atom stereocenters. The highest BCUT2D eigenvalue weighted by Gasteiger charge is 2.14. The number of fused-ring (bicyclic) bond motifs is 1. The maximum Gasteiger partial charge on any atom is 0.133 e. The number of para-hydroxylation sites is 1. The molecule has 158 valence electrons. The van der Waals surface area contributed by atoms with Gasteiger partial charge in [-0.3, -0.25) is 0 Å². The van der Waals surface area contributed by atoms with Crippen LogP contribution < -0.4 is 20.7 Å². The number of nitrogens with two attached hydrogens (primary N) is 1. The van der Waals surface area contributed by atoms with Crippen LogP contribution in [0.1, 0.15) is 17.2 Å². The highest BCUT2D eigenvalue weighted by molar-refractivity contribution is 5.93. The number of rotatable bonds is 7. The van der Waals surface area contributed by atoms with Crippen LogP contribution in [-0.2, 0) is 6.42 Å². The fraction of sp³-hybridized carbons (Fsp3) is 0.192. The Morgan fingerprint density at radius 3 is 2.45 bits per heavy atom. The molecule has 3 aromatic carbocycles. The monoisotopic (exact) mass is 412 g/mol. The SMILES string of the molecule is COc1cc(Nc2cc(N(C)C)c3ccccc3n2)ccc1C(N)Cc1ccccc1. The van der Waals surface area contributed by atoms with E-state index in [1.807, 2.05) is 68.7 Å². The van der Waals surface area contributed by atoms with Gasteiger partial charge in [-0.1, -0.05) is 54.6 Å². The molecule has 0 saturated carbocycles. The molecule has 0 fully saturated rings. The Kier molecular flexibility index (Phi) is 6.05. The normalized spacial score (nSPS) is 11.9. The molecule has 5 nitrogen and oxygen atoms in total. The second kappa shape index (κ2) is 9.06. The Balaban J connectivity index is 1.61. The zero-order valence-corrected chi connectivity index (χ0v) is 18.2. The molecule has 4 aromatic rings. The highest BCUT2D eigenvalue weighted by Crippen LogP contribution is 2.32. The lowest BCUT2D eigenvalue weighted by atomic mass is 9.98. The molecule has 0 amide bonds. The smallest absolute Gasteiger partial charge is 0.133 e. The number of pyridine rings is 1. The fourth-order valence-electron chi connectivity index (χ4n) is 3.81. The first-order valence-electron chi connectivity index (χ1n) is 10.4. The fourth-order valence-corrected chi connectivity index (χ4v) is 3.81. The molecular formula is C26H28N4O. The second-order valence-electron chi connectivity index (χ2n) is 7.82. The van der Waals surface area contributed by atoms with E-state index in [-0.39, 0.29) is 6.04 Å². The highest BCUT2D eigenvalue weighted by atomic mass is 16.5. The predicted molar refractivity (Wildman–Crippen MR) is 129 cm³/mol. The first-order chi connectivity index (χ1) is 15.0. The summed E-state index contributed by atoms with van der Waals surface area (Å²) in [6.07, 6.45) is 0.752. The number of ether oxygens (including phenoxy) is 1. The number of hydrogen-bond donors (Lipinski definition) is 2. The van der Waals surface area contributed by atoms with E-state index in [1.54, 1.807) is 7.11 Å². The number of methoxy groups -OCH3 is 1. The van der Waals surface area contributed by atoms with Gasteiger partial charge in [-0.05, 0) is 24.1 Å². The summed E-state index contributed by atoms with van der Waals surface area (Å²) < 4.78 is 5.67. The van der Waals surface area contributed by atoms with Crippen LogP contribution in [-0.4, -0.2) is 26.2 Å².